The normalized spacial score (nSPS) is 14.1. The molecule has 142 valence electrons. The van der Waals surface area contributed by atoms with Crippen LogP contribution in [0.5, 0.6) is 0 Å². The van der Waals surface area contributed by atoms with Crippen molar-refractivity contribution in [2.45, 2.75) is 18.8 Å². The summed E-state index contributed by atoms with van der Waals surface area (Å²) < 4.78 is 0. The molecule has 1 amide bonds. The van der Waals surface area contributed by atoms with Gasteiger partial charge < -0.3 is 16.0 Å². The Kier molecular flexibility index (Phi) is 6.85. The first-order valence-corrected chi connectivity index (χ1v) is 9.60. The predicted molar refractivity (Wildman–Crippen MR) is 110 cm³/mol. The Hall–Kier alpha value is -2.82. The zero-order valence-electron chi connectivity index (χ0n) is 15.8. The van der Waals surface area contributed by atoms with Crippen LogP contribution in [0.2, 0.25) is 0 Å². The van der Waals surface area contributed by atoms with Gasteiger partial charge in [-0.25, -0.2) is 0 Å². The van der Waals surface area contributed by atoms with Crippen LogP contribution >= 0.6 is 0 Å². The average Bonchev–Trinajstić information content (AvgIpc) is 3.56. The Labute approximate surface area is 161 Å². The lowest BCUT2D eigenvalue weighted by molar-refractivity contribution is -0.122. The van der Waals surface area contributed by atoms with E-state index in [0.717, 1.165) is 25.3 Å². The molecule has 1 saturated carbocycles. The number of rotatable bonds is 8. The van der Waals surface area contributed by atoms with E-state index in [0.29, 0.717) is 13.1 Å². The van der Waals surface area contributed by atoms with Gasteiger partial charge in [-0.05, 0) is 24.0 Å². The van der Waals surface area contributed by atoms with E-state index in [1.165, 1.54) is 11.1 Å². The summed E-state index contributed by atoms with van der Waals surface area (Å²) in [5.41, 5.74) is 2.53. The third-order valence-electron chi connectivity index (χ3n) is 4.77. The smallest absolute Gasteiger partial charge is 0.223 e. The maximum atomic E-state index is 11.7. The lowest BCUT2D eigenvalue weighted by Crippen LogP contribution is -2.43. The van der Waals surface area contributed by atoms with Gasteiger partial charge >= 0.3 is 0 Å². The van der Waals surface area contributed by atoms with E-state index in [4.69, 9.17) is 0 Å². The van der Waals surface area contributed by atoms with Crippen LogP contribution in [0, 0.1) is 5.92 Å². The standard InChI is InChI=1S/C22H28N4O/c1-23-22(25-15-14-24-21(27)19-12-13-19)26-16-20(17-8-4-2-5-9-17)18-10-6-3-7-11-18/h2-11,19-20H,12-16H2,1H3,(H,24,27)(H2,23,25,26). The number of carbonyl (C=O) groups excluding carboxylic acids is 1. The minimum atomic E-state index is 0.174. The second kappa shape index (κ2) is 9.76. The second-order valence-electron chi connectivity index (χ2n) is 6.82. The molecule has 0 atom stereocenters. The number of benzene rings is 2. The van der Waals surface area contributed by atoms with Crippen LogP contribution in [0.1, 0.15) is 29.9 Å². The zero-order valence-corrected chi connectivity index (χ0v) is 15.8. The Morgan fingerprint density at radius 3 is 2.00 bits per heavy atom. The number of hydrogen-bond donors (Lipinski definition) is 3. The molecule has 1 fully saturated rings. The van der Waals surface area contributed by atoms with Crippen molar-refractivity contribution >= 4 is 11.9 Å². The van der Waals surface area contributed by atoms with Gasteiger partial charge in [0, 0.05) is 38.5 Å². The van der Waals surface area contributed by atoms with Crippen molar-refractivity contribution in [2.75, 3.05) is 26.7 Å². The van der Waals surface area contributed by atoms with E-state index in [1.807, 2.05) is 12.1 Å². The molecule has 5 heteroatoms. The molecule has 0 radical (unpaired) electrons. The Bertz CT molecular complexity index is 702. The minimum Gasteiger partial charge on any atom is -0.355 e. The van der Waals surface area contributed by atoms with Gasteiger partial charge in [0.25, 0.3) is 0 Å². The van der Waals surface area contributed by atoms with Crippen LogP contribution in [0.25, 0.3) is 0 Å². The first kappa shape index (κ1) is 19.0. The molecule has 2 aromatic rings. The van der Waals surface area contributed by atoms with Gasteiger partial charge in [0.05, 0.1) is 0 Å². The maximum Gasteiger partial charge on any atom is 0.223 e. The molecule has 2 aromatic carbocycles. The van der Waals surface area contributed by atoms with E-state index in [2.05, 4.69) is 69.5 Å². The Morgan fingerprint density at radius 2 is 1.48 bits per heavy atom. The molecule has 0 unspecified atom stereocenters. The van der Waals surface area contributed by atoms with Crippen molar-refractivity contribution < 1.29 is 4.79 Å². The topological polar surface area (TPSA) is 65.5 Å². The molecule has 3 rings (SSSR count). The highest BCUT2D eigenvalue weighted by atomic mass is 16.2. The molecule has 1 aliphatic rings. The highest BCUT2D eigenvalue weighted by Gasteiger charge is 2.28. The summed E-state index contributed by atoms with van der Waals surface area (Å²) in [6, 6.07) is 21.0. The quantitative estimate of drug-likeness (QED) is 0.383. The molecule has 27 heavy (non-hydrogen) atoms. The Morgan fingerprint density at radius 1 is 0.926 bits per heavy atom. The molecule has 0 bridgehead atoms. The van der Waals surface area contributed by atoms with Gasteiger partial charge in [-0.3, -0.25) is 9.79 Å². The largest absolute Gasteiger partial charge is 0.355 e. The molecule has 0 aromatic heterocycles. The van der Waals surface area contributed by atoms with Gasteiger partial charge in [-0.15, -0.1) is 0 Å². The summed E-state index contributed by atoms with van der Waals surface area (Å²) in [5, 5.41) is 9.64. The van der Waals surface area contributed by atoms with Crippen LogP contribution in [0.15, 0.2) is 65.7 Å². The van der Waals surface area contributed by atoms with Gasteiger partial charge in [0.2, 0.25) is 5.91 Å². The summed E-state index contributed by atoms with van der Waals surface area (Å²) in [4.78, 5) is 16.0. The van der Waals surface area contributed by atoms with Crippen LogP contribution in [-0.2, 0) is 4.79 Å². The number of hydrogen-bond acceptors (Lipinski definition) is 2. The van der Waals surface area contributed by atoms with Crippen molar-refractivity contribution in [2.24, 2.45) is 10.9 Å². The summed E-state index contributed by atoms with van der Waals surface area (Å²) in [7, 11) is 1.76. The van der Waals surface area contributed by atoms with E-state index in [9.17, 15) is 4.79 Å². The van der Waals surface area contributed by atoms with Gasteiger partial charge in [-0.1, -0.05) is 60.7 Å². The number of aliphatic imine (C=N–C) groups is 1. The van der Waals surface area contributed by atoms with Gasteiger partial charge in [-0.2, -0.15) is 0 Å². The highest BCUT2D eigenvalue weighted by Crippen LogP contribution is 2.28. The predicted octanol–water partition coefficient (Wildman–Crippen LogP) is 2.51. The SMILES string of the molecule is CN=C(NCCNC(=O)C1CC1)NCC(c1ccccc1)c1ccccc1. The molecule has 1 aliphatic carbocycles. The van der Waals surface area contributed by atoms with Crippen molar-refractivity contribution in [1.82, 2.24) is 16.0 Å². The molecular formula is C22H28N4O. The summed E-state index contributed by atoms with van der Waals surface area (Å²) >= 11 is 0. The maximum absolute atomic E-state index is 11.7. The fourth-order valence-corrected chi connectivity index (χ4v) is 3.07. The van der Waals surface area contributed by atoms with Crippen LogP contribution in [-0.4, -0.2) is 38.5 Å². The van der Waals surface area contributed by atoms with Gasteiger partial charge in [0.15, 0.2) is 5.96 Å². The van der Waals surface area contributed by atoms with E-state index in [-0.39, 0.29) is 17.7 Å². The lowest BCUT2D eigenvalue weighted by atomic mass is 9.91. The number of nitrogens with zero attached hydrogens (tertiary/aromatic N) is 1. The summed E-state index contributed by atoms with van der Waals surface area (Å²) in [6.07, 6.45) is 2.06. The van der Waals surface area contributed by atoms with E-state index >= 15 is 0 Å². The molecule has 3 N–H and O–H groups in total. The monoisotopic (exact) mass is 364 g/mol. The summed E-state index contributed by atoms with van der Waals surface area (Å²) in [5.74, 6) is 1.40. The van der Waals surface area contributed by atoms with Crippen LogP contribution < -0.4 is 16.0 Å². The van der Waals surface area contributed by atoms with Crippen molar-refractivity contribution in [3.05, 3.63) is 71.8 Å². The second-order valence-corrected chi connectivity index (χ2v) is 6.82. The molecule has 0 heterocycles. The van der Waals surface area contributed by atoms with E-state index in [1.54, 1.807) is 7.05 Å². The van der Waals surface area contributed by atoms with Crippen molar-refractivity contribution in [1.29, 1.82) is 0 Å². The number of amides is 1. The highest BCUT2D eigenvalue weighted by molar-refractivity contribution is 5.81. The molecule has 0 saturated heterocycles. The van der Waals surface area contributed by atoms with Crippen molar-refractivity contribution in [3.8, 4) is 0 Å². The Balaban J connectivity index is 1.53. The van der Waals surface area contributed by atoms with Crippen LogP contribution in [0.4, 0.5) is 0 Å². The average molecular weight is 364 g/mol. The molecule has 5 nitrogen and oxygen atoms in total. The minimum absolute atomic E-state index is 0.174. The van der Waals surface area contributed by atoms with E-state index < -0.39 is 0 Å². The fraction of sp³-hybridized carbons (Fsp3) is 0.364. The third kappa shape index (κ3) is 5.84. The summed E-state index contributed by atoms with van der Waals surface area (Å²) in [6.45, 7) is 2.00. The molecule has 0 aliphatic heterocycles. The van der Waals surface area contributed by atoms with Crippen molar-refractivity contribution in [3.63, 3.8) is 0 Å². The first-order valence-electron chi connectivity index (χ1n) is 9.60. The fourth-order valence-electron chi connectivity index (χ4n) is 3.07. The molecular weight excluding hydrogens is 336 g/mol. The lowest BCUT2D eigenvalue weighted by Gasteiger charge is -2.20. The molecule has 0 spiro atoms. The number of nitrogens with one attached hydrogen (secondary N) is 3. The number of guanidine groups is 1. The van der Waals surface area contributed by atoms with Gasteiger partial charge in [0.1, 0.15) is 0 Å². The number of carbonyl (C=O) groups is 1. The first-order chi connectivity index (χ1) is 13.3. The zero-order chi connectivity index (χ0) is 18.9. The van der Waals surface area contributed by atoms with Crippen LogP contribution in [0.3, 0.4) is 0 Å². The third-order valence-corrected chi connectivity index (χ3v) is 4.77.